The molecule has 2 bridgehead atoms. The average molecular weight is 401 g/mol. The van der Waals surface area contributed by atoms with Crippen LogP contribution in [-0.2, 0) is 16.0 Å². The number of phenolic OH excluding ortho intramolecular Hbond substituents is 1. The molecule has 6 atom stereocenters. The average Bonchev–Trinajstić information content (AvgIpc) is 2.68. The molecule has 2 aliphatic rings. The Morgan fingerprint density at radius 2 is 2.07 bits per heavy atom. The van der Waals surface area contributed by atoms with Gasteiger partial charge in [0.15, 0.2) is 11.5 Å². The molecule has 1 aromatic carbocycles. The molecule has 1 aromatic rings. The summed E-state index contributed by atoms with van der Waals surface area (Å²) >= 11 is 0. The number of esters is 1. The summed E-state index contributed by atoms with van der Waals surface area (Å²) < 4.78 is 10.9. The first kappa shape index (κ1) is 21.5. The molecule has 3 rings (SSSR count). The molecule has 2 aliphatic carbocycles. The van der Waals surface area contributed by atoms with Crippen LogP contribution in [0.3, 0.4) is 0 Å². The van der Waals surface area contributed by atoms with E-state index >= 15 is 0 Å². The van der Waals surface area contributed by atoms with Gasteiger partial charge in [0.2, 0.25) is 0 Å². The maximum absolute atomic E-state index is 11.8. The van der Waals surface area contributed by atoms with Crippen molar-refractivity contribution in [2.45, 2.75) is 64.6 Å². The molecule has 5 nitrogen and oxygen atoms in total. The largest absolute Gasteiger partial charge is 0.504 e. The van der Waals surface area contributed by atoms with E-state index in [-0.39, 0.29) is 23.6 Å². The Morgan fingerprint density at radius 1 is 1.28 bits per heavy atom. The van der Waals surface area contributed by atoms with Crippen LogP contribution >= 0.6 is 0 Å². The highest BCUT2D eigenvalue weighted by atomic mass is 16.5. The van der Waals surface area contributed by atoms with Gasteiger partial charge in [-0.25, -0.2) is 0 Å². The van der Waals surface area contributed by atoms with Crippen molar-refractivity contribution in [1.82, 2.24) is 0 Å². The highest BCUT2D eigenvalue weighted by Crippen LogP contribution is 2.38. The van der Waals surface area contributed by atoms with E-state index in [1.165, 1.54) is 14.0 Å². The van der Waals surface area contributed by atoms with Gasteiger partial charge in [-0.15, -0.1) is 5.92 Å². The first-order valence-corrected chi connectivity index (χ1v) is 10.6. The van der Waals surface area contributed by atoms with Crippen LogP contribution in [0.5, 0.6) is 11.5 Å². The third-order valence-corrected chi connectivity index (χ3v) is 6.49. The number of ether oxygens (including phenoxy) is 2. The fraction of sp³-hybridized carbons (Fsp3) is 0.625. The maximum atomic E-state index is 11.8. The summed E-state index contributed by atoms with van der Waals surface area (Å²) in [7, 11) is 1.52. The van der Waals surface area contributed by atoms with Crippen LogP contribution in [0.2, 0.25) is 0 Å². The second-order valence-electron chi connectivity index (χ2n) is 8.60. The molecule has 1 fully saturated rings. The van der Waals surface area contributed by atoms with E-state index in [0.717, 1.165) is 24.8 Å². The van der Waals surface area contributed by atoms with Gasteiger partial charge < -0.3 is 19.7 Å². The standard InChI is InChI=1S/C24H32O5/c1-15-7-9-19-13-18(15)5-4-6-20(23(14-22(19)27)29-16(2)25)11-17-8-10-21(26)24(12-17)28-3/h8,10,12,15,18-20,22-23,26-27H,6-7,9,11,13-14H2,1-3H3/t15-,18+,19+,20-,22-,23+/m1/s1. The minimum absolute atomic E-state index is 0.0376. The molecule has 5 heteroatoms. The van der Waals surface area contributed by atoms with Crippen molar-refractivity contribution in [3.8, 4) is 23.3 Å². The number of hydrogen-bond donors (Lipinski definition) is 2. The number of aliphatic hydroxyl groups excluding tert-OH is 1. The smallest absolute Gasteiger partial charge is 0.302 e. The highest BCUT2D eigenvalue weighted by molar-refractivity contribution is 5.66. The molecule has 2 N–H and O–H groups in total. The molecule has 29 heavy (non-hydrogen) atoms. The van der Waals surface area contributed by atoms with Crippen molar-refractivity contribution in [1.29, 1.82) is 0 Å². The summed E-state index contributed by atoms with van der Waals surface area (Å²) in [5, 5.41) is 20.8. The number of carbonyl (C=O) groups is 1. The van der Waals surface area contributed by atoms with Crippen molar-refractivity contribution in [3.63, 3.8) is 0 Å². The van der Waals surface area contributed by atoms with Gasteiger partial charge in [0, 0.05) is 31.6 Å². The Balaban J connectivity index is 1.88. The Kier molecular flexibility index (Phi) is 7.08. The molecule has 0 heterocycles. The SMILES string of the molecule is COc1cc(C[C@H]2CC#C[C@H]3C[C@H](CC[C@H]3C)[C@H](O)C[C@@H]2OC(C)=O)ccc1O. The normalized spacial score (nSPS) is 31.9. The minimum atomic E-state index is -0.494. The Labute approximate surface area is 173 Å². The van der Waals surface area contributed by atoms with Gasteiger partial charge in [0.05, 0.1) is 13.2 Å². The Hall–Kier alpha value is -2.19. The molecule has 158 valence electrons. The molecule has 1 saturated carbocycles. The molecule has 0 unspecified atom stereocenters. The van der Waals surface area contributed by atoms with Crippen molar-refractivity contribution < 1.29 is 24.5 Å². The number of hydrogen-bond acceptors (Lipinski definition) is 5. The van der Waals surface area contributed by atoms with Crippen LogP contribution < -0.4 is 4.74 Å². The molecule has 0 spiro atoms. The summed E-state index contributed by atoms with van der Waals surface area (Å²) in [5.41, 5.74) is 0.976. The maximum Gasteiger partial charge on any atom is 0.302 e. The first-order chi connectivity index (χ1) is 13.9. The van der Waals surface area contributed by atoms with E-state index in [2.05, 4.69) is 18.8 Å². The molecule has 0 amide bonds. The zero-order chi connectivity index (χ0) is 21.0. The predicted molar refractivity (Wildman–Crippen MR) is 110 cm³/mol. The highest BCUT2D eigenvalue weighted by Gasteiger charge is 2.35. The third kappa shape index (κ3) is 5.45. The number of aromatic hydroxyl groups is 1. The first-order valence-electron chi connectivity index (χ1n) is 10.6. The number of benzene rings is 1. The Bertz CT molecular complexity index is 777. The molecule has 0 saturated heterocycles. The molecule has 0 aromatic heterocycles. The molecule has 0 aliphatic heterocycles. The Morgan fingerprint density at radius 3 is 2.79 bits per heavy atom. The van der Waals surface area contributed by atoms with E-state index in [1.807, 2.05) is 6.07 Å². The summed E-state index contributed by atoms with van der Waals surface area (Å²) in [6.07, 6.45) is 3.76. The van der Waals surface area contributed by atoms with Crippen molar-refractivity contribution in [3.05, 3.63) is 23.8 Å². The van der Waals surface area contributed by atoms with Crippen LogP contribution in [0.4, 0.5) is 0 Å². The van der Waals surface area contributed by atoms with Gasteiger partial charge in [0.25, 0.3) is 0 Å². The quantitative estimate of drug-likeness (QED) is 0.595. The lowest BCUT2D eigenvalue weighted by molar-refractivity contribution is -0.151. The fourth-order valence-corrected chi connectivity index (χ4v) is 4.69. The van der Waals surface area contributed by atoms with Crippen LogP contribution in [0, 0.1) is 35.5 Å². The summed E-state index contributed by atoms with van der Waals surface area (Å²) in [4.78, 5) is 11.8. The van der Waals surface area contributed by atoms with Gasteiger partial charge >= 0.3 is 5.97 Å². The summed E-state index contributed by atoms with van der Waals surface area (Å²) in [5.74, 6) is 8.03. The lowest BCUT2D eigenvalue weighted by Gasteiger charge is -2.37. The number of rotatable bonds is 4. The zero-order valence-electron chi connectivity index (χ0n) is 17.6. The molecule has 0 radical (unpaired) electrons. The van der Waals surface area contributed by atoms with Crippen molar-refractivity contribution >= 4 is 5.97 Å². The van der Waals surface area contributed by atoms with Crippen LogP contribution in [0.15, 0.2) is 18.2 Å². The third-order valence-electron chi connectivity index (χ3n) is 6.49. The molecular weight excluding hydrogens is 368 g/mol. The number of phenols is 1. The van der Waals surface area contributed by atoms with Gasteiger partial charge in [0.1, 0.15) is 6.10 Å². The second kappa shape index (κ2) is 9.54. The second-order valence-corrected chi connectivity index (χ2v) is 8.60. The topological polar surface area (TPSA) is 76.0 Å². The van der Waals surface area contributed by atoms with Gasteiger partial charge in [-0.3, -0.25) is 4.79 Å². The fourth-order valence-electron chi connectivity index (χ4n) is 4.69. The van der Waals surface area contributed by atoms with Gasteiger partial charge in [-0.2, -0.15) is 0 Å². The lowest BCUT2D eigenvalue weighted by atomic mass is 9.71. The van der Waals surface area contributed by atoms with E-state index in [1.54, 1.807) is 12.1 Å². The van der Waals surface area contributed by atoms with Gasteiger partial charge in [-0.1, -0.05) is 18.9 Å². The zero-order valence-corrected chi connectivity index (χ0v) is 17.6. The molecular formula is C24H32O5. The van der Waals surface area contributed by atoms with Crippen LogP contribution in [0.1, 0.15) is 51.5 Å². The van der Waals surface area contributed by atoms with Crippen LogP contribution in [-0.4, -0.2) is 35.5 Å². The summed E-state index contributed by atoms with van der Waals surface area (Å²) in [6.45, 7) is 3.66. The lowest BCUT2D eigenvalue weighted by Crippen LogP contribution is -2.37. The number of aliphatic hydroxyl groups is 1. The van der Waals surface area contributed by atoms with E-state index in [4.69, 9.17) is 9.47 Å². The monoisotopic (exact) mass is 400 g/mol. The van der Waals surface area contributed by atoms with Crippen molar-refractivity contribution in [2.75, 3.05) is 7.11 Å². The van der Waals surface area contributed by atoms with Crippen molar-refractivity contribution in [2.24, 2.45) is 23.7 Å². The van der Waals surface area contributed by atoms with E-state index in [9.17, 15) is 15.0 Å². The summed E-state index contributed by atoms with van der Waals surface area (Å²) in [6, 6.07) is 5.27. The van der Waals surface area contributed by atoms with Gasteiger partial charge in [-0.05, 0) is 55.2 Å². The van der Waals surface area contributed by atoms with E-state index in [0.29, 0.717) is 36.8 Å². The number of methoxy groups -OCH3 is 1. The number of fused-ring (bicyclic) bond motifs is 2. The predicted octanol–water partition coefficient (Wildman–Crippen LogP) is 3.70. The van der Waals surface area contributed by atoms with E-state index < -0.39 is 12.2 Å². The minimum Gasteiger partial charge on any atom is -0.504 e. The number of carbonyl (C=O) groups excluding carboxylic acids is 1. The van der Waals surface area contributed by atoms with Crippen LogP contribution in [0.25, 0.3) is 0 Å².